The number of carbonyl (C=O) groups is 1. The standard InChI is InChI=1S/C20H26N4O2/c25-11-10-24-9-7-19(21-24)18-6-3-8-23(14-18)20(26)15-22-12-16-4-1-2-5-17(16)13-22/h1-2,4-5,7,9,18,25H,3,6,8,10-15H2/t18-/m1/s1. The third kappa shape index (κ3) is 3.66. The quantitative estimate of drug-likeness (QED) is 0.886. The van der Waals surface area contributed by atoms with Gasteiger partial charge in [-0.25, -0.2) is 0 Å². The fourth-order valence-electron chi connectivity index (χ4n) is 4.07. The molecule has 0 radical (unpaired) electrons. The van der Waals surface area contributed by atoms with Crippen LogP contribution in [0.15, 0.2) is 36.5 Å². The smallest absolute Gasteiger partial charge is 0.236 e. The molecule has 2 aliphatic heterocycles. The molecular weight excluding hydrogens is 328 g/mol. The van der Waals surface area contributed by atoms with E-state index in [-0.39, 0.29) is 12.5 Å². The van der Waals surface area contributed by atoms with Crippen molar-refractivity contribution in [1.82, 2.24) is 19.6 Å². The highest BCUT2D eigenvalue weighted by Gasteiger charge is 2.28. The van der Waals surface area contributed by atoms with E-state index in [1.54, 1.807) is 4.68 Å². The minimum atomic E-state index is 0.0919. The van der Waals surface area contributed by atoms with Crippen molar-refractivity contribution in [3.63, 3.8) is 0 Å². The third-order valence-corrected chi connectivity index (χ3v) is 5.45. The average molecular weight is 354 g/mol. The molecule has 1 N–H and O–H groups in total. The Hall–Kier alpha value is -2.18. The fourth-order valence-corrected chi connectivity index (χ4v) is 4.07. The van der Waals surface area contributed by atoms with Crippen LogP contribution in [-0.4, -0.2) is 56.8 Å². The van der Waals surface area contributed by atoms with Crippen molar-refractivity contribution in [2.24, 2.45) is 0 Å². The lowest BCUT2D eigenvalue weighted by Gasteiger charge is -2.33. The van der Waals surface area contributed by atoms with Crippen LogP contribution in [0.5, 0.6) is 0 Å². The van der Waals surface area contributed by atoms with Crippen molar-refractivity contribution in [2.45, 2.75) is 38.4 Å². The van der Waals surface area contributed by atoms with E-state index in [1.165, 1.54) is 11.1 Å². The molecule has 26 heavy (non-hydrogen) atoms. The zero-order chi connectivity index (χ0) is 17.9. The molecular formula is C20H26N4O2. The zero-order valence-electron chi connectivity index (χ0n) is 15.0. The normalized spacial score (nSPS) is 20.3. The largest absolute Gasteiger partial charge is 0.394 e. The summed E-state index contributed by atoms with van der Waals surface area (Å²) in [5.41, 5.74) is 3.71. The molecule has 6 heteroatoms. The van der Waals surface area contributed by atoms with E-state index in [1.807, 2.05) is 17.2 Å². The number of aliphatic hydroxyl groups excluding tert-OH is 1. The van der Waals surface area contributed by atoms with E-state index in [9.17, 15) is 4.79 Å². The second-order valence-corrected chi connectivity index (χ2v) is 7.32. The lowest BCUT2D eigenvalue weighted by molar-refractivity contribution is -0.133. The molecule has 3 heterocycles. The Kier molecular flexibility index (Phi) is 5.04. The summed E-state index contributed by atoms with van der Waals surface area (Å²) in [6, 6.07) is 10.5. The molecule has 1 aromatic carbocycles. The van der Waals surface area contributed by atoms with Gasteiger partial charge in [0.15, 0.2) is 0 Å². The van der Waals surface area contributed by atoms with Gasteiger partial charge >= 0.3 is 0 Å². The van der Waals surface area contributed by atoms with Crippen molar-refractivity contribution >= 4 is 5.91 Å². The maximum absolute atomic E-state index is 12.8. The molecule has 6 nitrogen and oxygen atoms in total. The Balaban J connectivity index is 1.34. The number of benzene rings is 1. The Morgan fingerprint density at radius 2 is 1.96 bits per heavy atom. The molecule has 0 saturated carbocycles. The SMILES string of the molecule is O=C(CN1Cc2ccccc2C1)N1CCC[C@@H](c2ccn(CCO)n2)C1. The number of aliphatic hydroxyl groups is 1. The monoisotopic (exact) mass is 354 g/mol. The summed E-state index contributed by atoms with van der Waals surface area (Å²) in [6.07, 6.45) is 3.99. The van der Waals surface area contributed by atoms with Crippen LogP contribution in [0.3, 0.4) is 0 Å². The molecule has 0 unspecified atom stereocenters. The molecule has 1 amide bonds. The summed E-state index contributed by atoms with van der Waals surface area (Å²) in [6.45, 7) is 4.42. The Morgan fingerprint density at radius 3 is 2.69 bits per heavy atom. The van der Waals surface area contributed by atoms with Gasteiger partial charge in [0.05, 0.1) is 25.4 Å². The van der Waals surface area contributed by atoms with E-state index < -0.39 is 0 Å². The highest BCUT2D eigenvalue weighted by Crippen LogP contribution is 2.27. The highest BCUT2D eigenvalue weighted by atomic mass is 16.3. The van der Waals surface area contributed by atoms with Gasteiger partial charge < -0.3 is 10.0 Å². The van der Waals surface area contributed by atoms with Crippen molar-refractivity contribution in [3.8, 4) is 0 Å². The molecule has 1 aromatic heterocycles. The van der Waals surface area contributed by atoms with Crippen LogP contribution in [0, 0.1) is 0 Å². The topological polar surface area (TPSA) is 61.6 Å². The van der Waals surface area contributed by atoms with Crippen LogP contribution in [-0.2, 0) is 24.4 Å². The van der Waals surface area contributed by atoms with Gasteiger partial charge in [0, 0.05) is 38.3 Å². The number of fused-ring (bicyclic) bond motifs is 1. The number of rotatable bonds is 5. The Labute approximate surface area is 154 Å². The minimum absolute atomic E-state index is 0.0919. The first-order valence-electron chi connectivity index (χ1n) is 9.44. The molecule has 1 atom stereocenters. The molecule has 0 spiro atoms. The van der Waals surface area contributed by atoms with E-state index in [4.69, 9.17) is 5.11 Å². The number of likely N-dealkylation sites (tertiary alicyclic amines) is 1. The summed E-state index contributed by atoms with van der Waals surface area (Å²) >= 11 is 0. The molecule has 2 aromatic rings. The number of hydrogen-bond acceptors (Lipinski definition) is 4. The lowest BCUT2D eigenvalue weighted by atomic mass is 9.95. The Bertz CT molecular complexity index is 748. The van der Waals surface area contributed by atoms with Gasteiger partial charge in [0.2, 0.25) is 5.91 Å². The van der Waals surface area contributed by atoms with Crippen LogP contribution in [0.2, 0.25) is 0 Å². The average Bonchev–Trinajstić information content (AvgIpc) is 3.28. The van der Waals surface area contributed by atoms with Gasteiger partial charge in [-0.1, -0.05) is 24.3 Å². The molecule has 4 rings (SSSR count). The van der Waals surface area contributed by atoms with Crippen LogP contribution in [0.1, 0.15) is 35.6 Å². The van der Waals surface area contributed by atoms with E-state index in [0.717, 1.165) is 44.7 Å². The van der Waals surface area contributed by atoms with Crippen molar-refractivity contribution in [3.05, 3.63) is 53.3 Å². The van der Waals surface area contributed by atoms with Gasteiger partial charge in [-0.3, -0.25) is 14.4 Å². The number of piperidine rings is 1. The van der Waals surface area contributed by atoms with Crippen LogP contribution in [0.25, 0.3) is 0 Å². The van der Waals surface area contributed by atoms with E-state index in [2.05, 4.69) is 34.3 Å². The van der Waals surface area contributed by atoms with Crippen molar-refractivity contribution < 1.29 is 9.90 Å². The van der Waals surface area contributed by atoms with E-state index in [0.29, 0.717) is 19.0 Å². The van der Waals surface area contributed by atoms with Crippen molar-refractivity contribution in [1.29, 1.82) is 0 Å². The van der Waals surface area contributed by atoms with Gasteiger partial charge in [-0.2, -0.15) is 5.10 Å². The summed E-state index contributed by atoms with van der Waals surface area (Å²) in [5, 5.41) is 13.6. The minimum Gasteiger partial charge on any atom is -0.394 e. The third-order valence-electron chi connectivity index (χ3n) is 5.45. The second kappa shape index (κ2) is 7.60. The lowest BCUT2D eigenvalue weighted by Crippen LogP contribution is -2.43. The molecule has 0 aliphatic carbocycles. The molecule has 1 saturated heterocycles. The molecule has 2 aliphatic rings. The highest BCUT2D eigenvalue weighted by molar-refractivity contribution is 5.78. The van der Waals surface area contributed by atoms with Gasteiger partial charge in [0.25, 0.3) is 0 Å². The maximum Gasteiger partial charge on any atom is 0.236 e. The first-order chi connectivity index (χ1) is 12.7. The molecule has 138 valence electrons. The van der Waals surface area contributed by atoms with Crippen LogP contribution < -0.4 is 0 Å². The van der Waals surface area contributed by atoms with Crippen LogP contribution in [0.4, 0.5) is 0 Å². The first kappa shape index (κ1) is 17.2. The zero-order valence-corrected chi connectivity index (χ0v) is 15.0. The summed E-state index contributed by atoms with van der Waals surface area (Å²) in [5.74, 6) is 0.515. The first-order valence-corrected chi connectivity index (χ1v) is 9.44. The number of amides is 1. The van der Waals surface area contributed by atoms with Gasteiger partial charge in [-0.05, 0) is 30.0 Å². The van der Waals surface area contributed by atoms with Crippen molar-refractivity contribution in [2.75, 3.05) is 26.2 Å². The molecule has 0 bridgehead atoms. The Morgan fingerprint density at radius 1 is 1.19 bits per heavy atom. The summed E-state index contributed by atoms with van der Waals surface area (Å²) in [4.78, 5) is 17.0. The van der Waals surface area contributed by atoms with E-state index >= 15 is 0 Å². The number of hydrogen-bond donors (Lipinski definition) is 1. The molecule has 1 fully saturated rings. The number of aromatic nitrogens is 2. The van der Waals surface area contributed by atoms with Crippen LogP contribution >= 0.6 is 0 Å². The summed E-state index contributed by atoms with van der Waals surface area (Å²) < 4.78 is 1.78. The van der Waals surface area contributed by atoms with Gasteiger partial charge in [0.1, 0.15) is 0 Å². The van der Waals surface area contributed by atoms with Gasteiger partial charge in [-0.15, -0.1) is 0 Å². The second-order valence-electron chi connectivity index (χ2n) is 7.32. The number of carbonyl (C=O) groups excluding carboxylic acids is 1. The summed E-state index contributed by atoms with van der Waals surface area (Å²) in [7, 11) is 0. The predicted molar refractivity (Wildman–Crippen MR) is 98.4 cm³/mol. The predicted octanol–water partition coefficient (Wildman–Crippen LogP) is 1.60. The number of nitrogens with zero attached hydrogens (tertiary/aromatic N) is 4. The fraction of sp³-hybridized carbons (Fsp3) is 0.500. The maximum atomic E-state index is 12.8.